The lowest BCUT2D eigenvalue weighted by molar-refractivity contribution is 0.141. The van der Waals surface area contributed by atoms with Crippen LogP contribution in [-0.2, 0) is 0 Å². The van der Waals surface area contributed by atoms with Gasteiger partial charge in [-0.05, 0) is 0 Å². The molecule has 0 radical (unpaired) electrons. The first-order valence-electron chi connectivity index (χ1n) is 4.20. The number of anilines is 1. The second-order valence-corrected chi connectivity index (χ2v) is 3.48. The highest BCUT2D eigenvalue weighted by molar-refractivity contribution is 6.29. The Morgan fingerprint density at radius 2 is 2.29 bits per heavy atom. The monoisotopic (exact) mass is 215 g/mol. The fraction of sp³-hybridized carbons (Fsp3) is 0.500. The largest absolute Gasteiger partial charge is 0.467 e. The van der Waals surface area contributed by atoms with Crippen LogP contribution >= 0.6 is 11.6 Å². The van der Waals surface area contributed by atoms with Crippen molar-refractivity contribution in [2.75, 3.05) is 25.1 Å². The van der Waals surface area contributed by atoms with E-state index in [9.17, 15) is 0 Å². The first-order valence-corrected chi connectivity index (χ1v) is 4.58. The number of methoxy groups -OCH3 is 1. The number of hydrogen-bond acceptors (Lipinski definition) is 5. The molecule has 0 aliphatic carbocycles. The van der Waals surface area contributed by atoms with E-state index in [2.05, 4.69) is 9.97 Å². The summed E-state index contributed by atoms with van der Waals surface area (Å²) in [6.45, 7) is 1.16. The van der Waals surface area contributed by atoms with Crippen molar-refractivity contribution >= 4 is 17.4 Å². The molecule has 0 bridgehead atoms. The minimum absolute atomic E-state index is 0.244. The minimum atomic E-state index is -0.269. The van der Waals surface area contributed by atoms with Crippen molar-refractivity contribution in [3.63, 3.8) is 0 Å². The van der Waals surface area contributed by atoms with Gasteiger partial charge in [-0.15, -0.1) is 0 Å². The first kappa shape index (κ1) is 9.48. The van der Waals surface area contributed by atoms with Crippen molar-refractivity contribution < 1.29 is 9.84 Å². The van der Waals surface area contributed by atoms with Gasteiger partial charge in [-0.1, -0.05) is 11.6 Å². The van der Waals surface area contributed by atoms with Crippen LogP contribution in [-0.4, -0.2) is 41.4 Å². The smallest absolute Gasteiger partial charge is 0.319 e. The maximum atomic E-state index is 9.13. The van der Waals surface area contributed by atoms with Crippen molar-refractivity contribution in [2.45, 2.75) is 6.10 Å². The quantitative estimate of drug-likeness (QED) is 0.720. The molecular weight excluding hydrogens is 206 g/mol. The maximum Gasteiger partial charge on any atom is 0.319 e. The highest BCUT2D eigenvalue weighted by atomic mass is 35.5. The Bertz CT molecular complexity index is 341. The molecule has 2 rings (SSSR count). The predicted molar refractivity (Wildman–Crippen MR) is 51.8 cm³/mol. The number of hydrogen-bond donors (Lipinski definition) is 1. The molecule has 0 aromatic carbocycles. The summed E-state index contributed by atoms with van der Waals surface area (Å²) in [5.74, 6) is 0.687. The van der Waals surface area contributed by atoms with Gasteiger partial charge in [0.1, 0.15) is 11.0 Å². The molecule has 1 fully saturated rings. The Hall–Kier alpha value is -1.07. The Kier molecular flexibility index (Phi) is 2.43. The maximum absolute atomic E-state index is 9.13. The molecule has 1 aliphatic heterocycles. The molecular formula is C8H10ClN3O2. The SMILES string of the molecule is COc1nc(Cl)cc(N2CC(O)C2)n1. The van der Waals surface area contributed by atoms with Gasteiger partial charge in [0.05, 0.1) is 13.2 Å². The van der Waals surface area contributed by atoms with Gasteiger partial charge in [0.2, 0.25) is 0 Å². The summed E-state index contributed by atoms with van der Waals surface area (Å²) in [6.07, 6.45) is -0.269. The van der Waals surface area contributed by atoms with Crippen molar-refractivity contribution in [1.82, 2.24) is 9.97 Å². The molecule has 2 heterocycles. The molecule has 0 saturated carbocycles. The lowest BCUT2D eigenvalue weighted by Gasteiger charge is -2.36. The third-order valence-electron chi connectivity index (χ3n) is 2.03. The van der Waals surface area contributed by atoms with Crippen LogP contribution in [0.2, 0.25) is 5.15 Å². The van der Waals surface area contributed by atoms with Gasteiger partial charge in [0.25, 0.3) is 0 Å². The summed E-state index contributed by atoms with van der Waals surface area (Å²) in [7, 11) is 1.49. The van der Waals surface area contributed by atoms with Crippen LogP contribution < -0.4 is 9.64 Å². The highest BCUT2D eigenvalue weighted by Gasteiger charge is 2.26. The Balaban J connectivity index is 2.21. The van der Waals surface area contributed by atoms with Gasteiger partial charge in [0, 0.05) is 19.2 Å². The third kappa shape index (κ3) is 1.73. The van der Waals surface area contributed by atoms with E-state index in [0.717, 1.165) is 0 Å². The van der Waals surface area contributed by atoms with Crippen LogP contribution in [0.15, 0.2) is 6.07 Å². The molecule has 1 aromatic heterocycles. The zero-order valence-corrected chi connectivity index (χ0v) is 8.40. The Labute approximate surface area is 86.3 Å². The molecule has 0 atom stereocenters. The number of ether oxygens (including phenoxy) is 1. The third-order valence-corrected chi connectivity index (χ3v) is 2.22. The summed E-state index contributed by atoms with van der Waals surface area (Å²) < 4.78 is 4.89. The topological polar surface area (TPSA) is 58.5 Å². The fourth-order valence-electron chi connectivity index (χ4n) is 1.28. The molecule has 0 amide bonds. The Morgan fingerprint density at radius 1 is 1.57 bits per heavy atom. The van der Waals surface area contributed by atoms with E-state index in [-0.39, 0.29) is 12.1 Å². The van der Waals surface area contributed by atoms with Gasteiger partial charge in [-0.3, -0.25) is 0 Å². The number of halogens is 1. The summed E-state index contributed by atoms with van der Waals surface area (Å²) in [6, 6.07) is 1.89. The number of aromatic nitrogens is 2. The van der Waals surface area contributed by atoms with Crippen molar-refractivity contribution in [2.24, 2.45) is 0 Å². The van der Waals surface area contributed by atoms with Crippen molar-refractivity contribution in [3.8, 4) is 6.01 Å². The fourth-order valence-corrected chi connectivity index (χ4v) is 1.45. The van der Waals surface area contributed by atoms with Gasteiger partial charge in [0.15, 0.2) is 0 Å². The van der Waals surface area contributed by atoms with E-state index in [1.54, 1.807) is 6.07 Å². The van der Waals surface area contributed by atoms with Gasteiger partial charge in [-0.2, -0.15) is 9.97 Å². The van der Waals surface area contributed by atoms with Gasteiger partial charge in [-0.25, -0.2) is 0 Å². The van der Waals surface area contributed by atoms with Crippen molar-refractivity contribution in [3.05, 3.63) is 11.2 Å². The van der Waals surface area contributed by atoms with Gasteiger partial charge >= 0.3 is 6.01 Å². The van der Waals surface area contributed by atoms with E-state index >= 15 is 0 Å². The molecule has 5 nitrogen and oxygen atoms in total. The molecule has 0 unspecified atom stereocenters. The van der Waals surface area contributed by atoms with E-state index in [1.165, 1.54) is 7.11 Å². The first-order chi connectivity index (χ1) is 6.69. The second-order valence-electron chi connectivity index (χ2n) is 3.09. The average molecular weight is 216 g/mol. The van der Waals surface area contributed by atoms with Crippen LogP contribution in [0, 0.1) is 0 Å². The van der Waals surface area contributed by atoms with Crippen LogP contribution in [0.1, 0.15) is 0 Å². The summed E-state index contributed by atoms with van der Waals surface area (Å²) in [5.41, 5.74) is 0. The zero-order valence-electron chi connectivity index (χ0n) is 7.64. The lowest BCUT2D eigenvalue weighted by atomic mass is 10.2. The summed E-state index contributed by atoms with van der Waals surface area (Å²) in [4.78, 5) is 9.86. The lowest BCUT2D eigenvalue weighted by Crippen LogP contribution is -2.51. The number of rotatable bonds is 2. The van der Waals surface area contributed by atoms with Crippen molar-refractivity contribution in [1.29, 1.82) is 0 Å². The predicted octanol–water partition coefficient (Wildman–Crippen LogP) is 0.319. The van der Waals surface area contributed by atoms with E-state index in [0.29, 0.717) is 24.1 Å². The molecule has 1 N–H and O–H groups in total. The molecule has 14 heavy (non-hydrogen) atoms. The second kappa shape index (κ2) is 3.59. The number of aliphatic hydroxyl groups excluding tert-OH is 1. The van der Waals surface area contributed by atoms with Gasteiger partial charge < -0.3 is 14.7 Å². The van der Waals surface area contributed by atoms with Crippen LogP contribution in [0.5, 0.6) is 6.01 Å². The Morgan fingerprint density at radius 3 is 2.86 bits per heavy atom. The van der Waals surface area contributed by atoms with E-state index in [1.807, 2.05) is 4.90 Å². The molecule has 1 saturated heterocycles. The standard InChI is InChI=1S/C8H10ClN3O2/c1-14-8-10-6(9)2-7(11-8)12-3-5(13)4-12/h2,5,13H,3-4H2,1H3. The van der Waals surface area contributed by atoms with E-state index in [4.69, 9.17) is 21.4 Å². The molecule has 76 valence electrons. The molecule has 0 spiro atoms. The summed E-state index contributed by atoms with van der Waals surface area (Å²) in [5, 5.41) is 9.47. The molecule has 6 heteroatoms. The van der Waals surface area contributed by atoms with Crippen LogP contribution in [0.25, 0.3) is 0 Å². The molecule has 1 aliphatic rings. The zero-order chi connectivity index (χ0) is 10.1. The van der Waals surface area contributed by atoms with Crippen LogP contribution in [0.4, 0.5) is 5.82 Å². The summed E-state index contributed by atoms with van der Waals surface area (Å²) >= 11 is 5.77. The normalized spacial score (nSPS) is 16.6. The van der Waals surface area contributed by atoms with E-state index < -0.39 is 0 Å². The number of β-amino-alcohol motifs (C(OH)–C–C–N with tert-alkyl or cyclic N) is 1. The number of nitrogens with zero attached hydrogens (tertiary/aromatic N) is 3. The number of aliphatic hydroxyl groups is 1. The average Bonchev–Trinajstić information content (AvgIpc) is 2.12. The van der Waals surface area contributed by atoms with Crippen LogP contribution in [0.3, 0.4) is 0 Å². The highest BCUT2D eigenvalue weighted by Crippen LogP contribution is 2.23. The molecule has 1 aromatic rings. The minimum Gasteiger partial charge on any atom is -0.467 e.